The van der Waals surface area contributed by atoms with E-state index < -0.39 is 6.04 Å². The number of amides is 2. The van der Waals surface area contributed by atoms with E-state index in [1.165, 1.54) is 11.8 Å². The van der Waals surface area contributed by atoms with E-state index in [0.29, 0.717) is 38.8 Å². The highest BCUT2D eigenvalue weighted by atomic mass is 35.5. The van der Waals surface area contributed by atoms with Gasteiger partial charge >= 0.3 is 0 Å². The molecule has 0 unspecified atom stereocenters. The molecule has 202 valence electrons. The molecule has 1 N–H and O–H groups in total. The van der Waals surface area contributed by atoms with Crippen molar-refractivity contribution in [2.75, 3.05) is 12.3 Å². The number of nitrogens with zero attached hydrogens (tertiary/aromatic N) is 1. The maximum atomic E-state index is 13.7. The quantitative estimate of drug-likeness (QED) is 0.199. The molecular weight excluding hydrogens is 582 g/mol. The lowest BCUT2D eigenvalue weighted by molar-refractivity contribution is -0.139. The largest absolute Gasteiger partial charge is 0.354 e. The Labute approximate surface area is 249 Å². The molecule has 1 atom stereocenters. The van der Waals surface area contributed by atoms with Gasteiger partial charge in [-0.15, -0.1) is 11.8 Å². The molecule has 0 saturated carbocycles. The molecule has 2 amide bonds. The summed E-state index contributed by atoms with van der Waals surface area (Å²) < 4.78 is 0. The van der Waals surface area contributed by atoms with E-state index in [2.05, 4.69) is 12.2 Å². The highest BCUT2D eigenvalue weighted by molar-refractivity contribution is 7.99. The van der Waals surface area contributed by atoms with Gasteiger partial charge in [-0.1, -0.05) is 102 Å². The van der Waals surface area contributed by atoms with Crippen LogP contribution in [0.1, 0.15) is 36.5 Å². The SMILES string of the molecule is CCCCNC(=O)[C@H](Cc1ccccc1)N(Cc1ccc(Cl)c(Cl)c1)C(=O)CSCc1ccc(Cl)cc1Cl. The van der Waals surface area contributed by atoms with E-state index in [-0.39, 0.29) is 24.1 Å². The van der Waals surface area contributed by atoms with E-state index in [1.54, 1.807) is 29.2 Å². The minimum atomic E-state index is -0.698. The molecule has 0 radical (unpaired) electrons. The molecule has 0 aliphatic carbocycles. The second-order valence-electron chi connectivity index (χ2n) is 8.85. The smallest absolute Gasteiger partial charge is 0.243 e. The normalized spacial score (nSPS) is 11.7. The lowest BCUT2D eigenvalue weighted by atomic mass is 10.0. The lowest BCUT2D eigenvalue weighted by Crippen LogP contribution is -2.51. The van der Waals surface area contributed by atoms with Crippen molar-refractivity contribution in [3.8, 4) is 0 Å². The molecule has 9 heteroatoms. The zero-order valence-corrected chi connectivity index (χ0v) is 24.9. The first kappa shape index (κ1) is 30.6. The first-order valence-corrected chi connectivity index (χ1v) is 15.0. The van der Waals surface area contributed by atoms with Crippen LogP contribution in [0.3, 0.4) is 0 Å². The molecule has 3 aromatic rings. The summed E-state index contributed by atoms with van der Waals surface area (Å²) in [5, 5.41) is 4.97. The van der Waals surface area contributed by atoms with Crippen molar-refractivity contribution in [2.45, 2.75) is 44.5 Å². The van der Waals surface area contributed by atoms with E-state index in [1.807, 2.05) is 42.5 Å². The van der Waals surface area contributed by atoms with Crippen LogP contribution >= 0.6 is 58.2 Å². The third-order valence-corrected chi connectivity index (χ3v) is 8.23. The zero-order valence-electron chi connectivity index (χ0n) is 21.1. The second kappa shape index (κ2) is 15.6. The number of carbonyl (C=O) groups is 2. The van der Waals surface area contributed by atoms with Crippen LogP contribution in [-0.2, 0) is 28.3 Å². The molecule has 0 aliphatic heterocycles. The van der Waals surface area contributed by atoms with Gasteiger partial charge in [0.25, 0.3) is 0 Å². The summed E-state index contributed by atoms with van der Waals surface area (Å²) in [4.78, 5) is 28.8. The Bertz CT molecular complexity index is 1230. The fourth-order valence-corrected chi connectivity index (χ4v) is 5.65. The Morgan fingerprint density at radius 3 is 2.34 bits per heavy atom. The lowest BCUT2D eigenvalue weighted by Gasteiger charge is -2.31. The first-order valence-electron chi connectivity index (χ1n) is 12.3. The van der Waals surface area contributed by atoms with Gasteiger partial charge in [0.15, 0.2) is 0 Å². The van der Waals surface area contributed by atoms with Crippen LogP contribution in [-0.4, -0.2) is 35.1 Å². The second-order valence-corrected chi connectivity index (χ2v) is 11.5. The Balaban J connectivity index is 1.86. The number of carbonyl (C=O) groups excluding carboxylic acids is 2. The van der Waals surface area contributed by atoms with Gasteiger partial charge in [-0.2, -0.15) is 0 Å². The van der Waals surface area contributed by atoms with E-state index in [9.17, 15) is 9.59 Å². The number of unbranched alkanes of at least 4 members (excludes halogenated alkanes) is 1. The Morgan fingerprint density at radius 2 is 1.66 bits per heavy atom. The molecular formula is C29H30Cl4N2O2S. The Hall–Kier alpha value is -1.89. The minimum absolute atomic E-state index is 0.155. The number of hydrogen-bond donors (Lipinski definition) is 1. The van der Waals surface area contributed by atoms with Crippen LogP contribution in [0.2, 0.25) is 20.1 Å². The summed E-state index contributed by atoms with van der Waals surface area (Å²) >= 11 is 26.2. The average Bonchev–Trinajstić information content (AvgIpc) is 2.90. The monoisotopic (exact) mass is 610 g/mol. The van der Waals surface area contributed by atoms with E-state index in [4.69, 9.17) is 46.4 Å². The number of hydrogen-bond acceptors (Lipinski definition) is 3. The summed E-state index contributed by atoms with van der Waals surface area (Å²) in [6.07, 6.45) is 2.21. The van der Waals surface area contributed by atoms with Gasteiger partial charge in [-0.3, -0.25) is 9.59 Å². The van der Waals surface area contributed by atoms with Crippen LogP contribution in [0.25, 0.3) is 0 Å². The maximum absolute atomic E-state index is 13.7. The van der Waals surface area contributed by atoms with Gasteiger partial charge in [-0.25, -0.2) is 0 Å². The molecule has 3 aromatic carbocycles. The van der Waals surface area contributed by atoms with Crippen molar-refractivity contribution in [3.05, 3.63) is 104 Å². The van der Waals surface area contributed by atoms with Crippen LogP contribution in [0.5, 0.6) is 0 Å². The van der Waals surface area contributed by atoms with Crippen LogP contribution in [0.4, 0.5) is 0 Å². The third-order valence-electron chi connectivity index (χ3n) is 5.94. The standard InChI is InChI=1S/C29H30Cl4N2O2S/c1-2-3-13-34-29(37)27(15-20-7-5-4-6-8-20)35(17-21-9-12-24(31)26(33)14-21)28(36)19-38-18-22-10-11-23(30)16-25(22)32/h4-12,14,16,27H,2-3,13,15,17-19H2,1H3,(H,34,37)/t27-/m0/s1. The van der Waals surface area contributed by atoms with Crippen molar-refractivity contribution in [1.82, 2.24) is 10.2 Å². The van der Waals surface area contributed by atoms with Gasteiger partial charge in [0.2, 0.25) is 11.8 Å². The molecule has 38 heavy (non-hydrogen) atoms. The molecule has 0 heterocycles. The average molecular weight is 612 g/mol. The van der Waals surface area contributed by atoms with Gasteiger partial charge in [-0.05, 0) is 47.4 Å². The van der Waals surface area contributed by atoms with Gasteiger partial charge < -0.3 is 10.2 Å². The number of benzene rings is 3. The van der Waals surface area contributed by atoms with Crippen molar-refractivity contribution >= 4 is 70.0 Å². The van der Waals surface area contributed by atoms with Crippen LogP contribution in [0.15, 0.2) is 66.7 Å². The summed E-state index contributed by atoms with van der Waals surface area (Å²) in [5.41, 5.74) is 2.65. The van der Waals surface area contributed by atoms with Crippen LogP contribution < -0.4 is 5.32 Å². The topological polar surface area (TPSA) is 49.4 Å². The van der Waals surface area contributed by atoms with Gasteiger partial charge in [0.1, 0.15) is 6.04 Å². The predicted molar refractivity (Wildman–Crippen MR) is 161 cm³/mol. The van der Waals surface area contributed by atoms with E-state index >= 15 is 0 Å². The fourth-order valence-electron chi connectivity index (χ4n) is 3.86. The van der Waals surface area contributed by atoms with Gasteiger partial charge in [0.05, 0.1) is 15.8 Å². The molecule has 0 fully saturated rings. The van der Waals surface area contributed by atoms with Crippen molar-refractivity contribution in [3.63, 3.8) is 0 Å². The molecule has 4 nitrogen and oxygen atoms in total. The van der Waals surface area contributed by atoms with Crippen molar-refractivity contribution in [2.24, 2.45) is 0 Å². The van der Waals surface area contributed by atoms with Crippen LogP contribution in [0, 0.1) is 0 Å². The number of halogens is 4. The summed E-state index contributed by atoms with van der Waals surface area (Å²) in [7, 11) is 0. The van der Waals surface area contributed by atoms with Crippen molar-refractivity contribution in [1.29, 1.82) is 0 Å². The highest BCUT2D eigenvalue weighted by Crippen LogP contribution is 2.27. The maximum Gasteiger partial charge on any atom is 0.243 e. The first-order chi connectivity index (χ1) is 18.3. The molecule has 0 saturated heterocycles. The number of rotatable bonds is 13. The van der Waals surface area contributed by atoms with E-state index in [0.717, 1.165) is 29.5 Å². The molecule has 0 aromatic heterocycles. The number of thioether (sulfide) groups is 1. The molecule has 3 rings (SSSR count). The highest BCUT2D eigenvalue weighted by Gasteiger charge is 2.30. The number of nitrogens with one attached hydrogen (secondary N) is 1. The van der Waals surface area contributed by atoms with Crippen molar-refractivity contribution < 1.29 is 9.59 Å². The summed E-state index contributed by atoms with van der Waals surface area (Å²) in [6, 6.07) is 19.6. The molecule has 0 spiro atoms. The molecule has 0 aliphatic rings. The summed E-state index contributed by atoms with van der Waals surface area (Å²) in [6.45, 7) is 2.84. The predicted octanol–water partition coefficient (Wildman–Crippen LogP) is 8.09. The fraction of sp³-hybridized carbons (Fsp3) is 0.310. The summed E-state index contributed by atoms with van der Waals surface area (Å²) in [5.74, 6) is 0.376. The third kappa shape index (κ3) is 9.39. The van der Waals surface area contributed by atoms with Gasteiger partial charge in [0, 0.05) is 35.3 Å². The Morgan fingerprint density at radius 1 is 0.895 bits per heavy atom. The zero-order chi connectivity index (χ0) is 27.5. The Kier molecular flexibility index (Phi) is 12.6. The minimum Gasteiger partial charge on any atom is -0.354 e. The molecule has 0 bridgehead atoms.